The highest BCUT2D eigenvalue weighted by Gasteiger charge is 2.02. The van der Waals surface area contributed by atoms with Crippen LogP contribution < -0.4 is 5.73 Å². The maximum atomic E-state index is 10.7. The van der Waals surface area contributed by atoms with Crippen LogP contribution in [0.4, 0.5) is 0 Å². The third-order valence-corrected chi connectivity index (χ3v) is 11.4. The van der Waals surface area contributed by atoms with Gasteiger partial charge >= 0.3 is 0 Å². The molecule has 4 aromatic carbocycles. The Morgan fingerprint density at radius 2 is 0.527 bits per heavy atom. The predicted molar refractivity (Wildman–Crippen MR) is 350 cm³/mol. The first-order valence-electron chi connectivity index (χ1n) is 31.1. The molecule has 0 radical (unpaired) electrons. The van der Waals surface area contributed by atoms with Gasteiger partial charge < -0.3 is 102 Å². The number of nitrogens with zero attached hydrogens (tertiary/aromatic N) is 3. The topological polar surface area (TPSA) is 336 Å². The monoisotopic (exact) mass is 1340 g/mol. The van der Waals surface area contributed by atoms with Crippen molar-refractivity contribution in [1.29, 1.82) is 0 Å². The number of nitrogens with two attached hydrogens (primary N) is 1. The van der Waals surface area contributed by atoms with Crippen LogP contribution in [0.15, 0.2) is 126 Å². The van der Waals surface area contributed by atoms with Gasteiger partial charge in [0.05, 0.1) is 257 Å². The number of aliphatic hydroxyl groups is 3. The standard InChI is InChI=1S/C16H26O7S.C15H23N3O4.C15H25NO4.C15H24O5.C4H10O3/c1-24(17,18)23-14-13-21-10-9-19-7-8-20-11-12-22-15-16-5-3-2-4-6-16;16-18-17-6-7-19-8-9-20-10-11-21-12-13-22-14-15-4-2-1-3-5-15;2*16-6-7-17-8-9-18-10-11-19-12-13-20-14-15-4-2-1-3-5-15;5-1-3-7-4-2-6/h2-6H,7-15H2,1H3;1-5H,6-14H2;1-5H,6-14,16H2;1-5,16H,6-14H2;5-6H,1-4H2. The zero-order valence-electron chi connectivity index (χ0n) is 54.7. The normalized spacial score (nSPS) is 10.8. The summed E-state index contributed by atoms with van der Waals surface area (Å²) in [5, 5.41) is 28.0. The first-order chi connectivity index (χ1) is 45.8. The van der Waals surface area contributed by atoms with Crippen molar-refractivity contribution in [2.45, 2.75) is 26.4 Å². The van der Waals surface area contributed by atoms with Crippen molar-refractivity contribution >= 4 is 10.1 Å². The summed E-state index contributed by atoms with van der Waals surface area (Å²) >= 11 is 0. The van der Waals surface area contributed by atoms with Crippen LogP contribution >= 0.6 is 0 Å². The number of benzene rings is 4. The lowest BCUT2D eigenvalue weighted by atomic mass is 10.2. The van der Waals surface area contributed by atoms with Gasteiger partial charge in [0.15, 0.2) is 0 Å². The van der Waals surface area contributed by atoms with Crippen molar-refractivity contribution in [1.82, 2.24) is 0 Å². The summed E-state index contributed by atoms with van der Waals surface area (Å²) in [5.74, 6) is 0. The minimum atomic E-state index is -3.39. The summed E-state index contributed by atoms with van der Waals surface area (Å²) in [6, 6.07) is 40.1. The van der Waals surface area contributed by atoms with Crippen LogP contribution in [0.3, 0.4) is 0 Å². The number of hydrogen-bond donors (Lipinski definition) is 4. The zero-order chi connectivity index (χ0) is 67.4. The van der Waals surface area contributed by atoms with Gasteiger partial charge in [-0.15, -0.1) is 0 Å². The van der Waals surface area contributed by atoms with Crippen LogP contribution in [0.2, 0.25) is 0 Å². The maximum absolute atomic E-state index is 10.7. The first kappa shape index (κ1) is 88.3. The molecule has 0 aliphatic rings. The molecule has 0 aromatic heterocycles. The quantitative estimate of drug-likeness (QED) is 0.0144. The lowest BCUT2D eigenvalue weighted by Gasteiger charge is -2.07. The smallest absolute Gasteiger partial charge is 0.264 e. The molecule has 0 heterocycles. The van der Waals surface area contributed by atoms with E-state index in [1.54, 1.807) is 0 Å². The van der Waals surface area contributed by atoms with E-state index in [-0.39, 0.29) is 33.0 Å². The Morgan fingerprint density at radius 1 is 0.323 bits per heavy atom. The van der Waals surface area contributed by atoms with Crippen LogP contribution in [0.5, 0.6) is 0 Å². The van der Waals surface area contributed by atoms with E-state index < -0.39 is 10.1 Å². The summed E-state index contributed by atoms with van der Waals surface area (Å²) < 4.78 is 116. The van der Waals surface area contributed by atoms with Crippen molar-refractivity contribution < 1.29 is 108 Å². The van der Waals surface area contributed by atoms with Gasteiger partial charge in [0.25, 0.3) is 10.1 Å². The van der Waals surface area contributed by atoms with Crippen molar-refractivity contribution in [2.75, 3.05) is 244 Å². The van der Waals surface area contributed by atoms with Gasteiger partial charge in [-0.25, -0.2) is 0 Å². The van der Waals surface area contributed by atoms with Gasteiger partial charge in [0.1, 0.15) is 0 Å². The molecule has 93 heavy (non-hydrogen) atoms. The van der Waals surface area contributed by atoms with E-state index in [1.165, 1.54) is 11.1 Å². The Hall–Kier alpha value is -4.74. The van der Waals surface area contributed by atoms with Crippen LogP contribution in [0.1, 0.15) is 22.3 Å². The largest absolute Gasteiger partial charge is 0.394 e. The zero-order valence-corrected chi connectivity index (χ0v) is 55.5. The lowest BCUT2D eigenvalue weighted by Crippen LogP contribution is -2.14. The molecule has 4 aromatic rings. The van der Waals surface area contributed by atoms with E-state index >= 15 is 0 Å². The second-order valence-electron chi connectivity index (χ2n) is 18.6. The molecule has 0 amide bonds. The molecule has 0 bridgehead atoms. The molecule has 0 fully saturated rings. The molecule has 28 heteroatoms. The number of rotatable bonds is 59. The molecule has 532 valence electrons. The molecule has 4 rings (SSSR count). The van der Waals surface area contributed by atoms with E-state index in [0.717, 1.165) is 17.4 Å². The van der Waals surface area contributed by atoms with Crippen LogP contribution in [0.25, 0.3) is 10.4 Å². The summed E-state index contributed by atoms with van der Waals surface area (Å²) in [6.45, 7) is 18.4. The minimum Gasteiger partial charge on any atom is -0.394 e. The minimum absolute atomic E-state index is 0.0188. The number of azide groups is 1. The SMILES string of the molecule is CS(=O)(=O)OCCOCCOCCOCCOCc1ccccc1.NCCOCCOCCOCCOCc1ccccc1.OCCOCCO.OCCOCCOCCOCCOCc1ccccc1.[N-]=[N+]=NCCOCCOCCOCCOCc1ccccc1. The summed E-state index contributed by atoms with van der Waals surface area (Å²) in [5.41, 5.74) is 18.0. The van der Waals surface area contributed by atoms with Gasteiger partial charge in [-0.3, -0.25) is 4.18 Å². The second kappa shape index (κ2) is 74.7. The summed E-state index contributed by atoms with van der Waals surface area (Å²) in [4.78, 5) is 2.63. The van der Waals surface area contributed by atoms with E-state index in [1.807, 2.05) is 121 Å². The Balaban J connectivity index is 0.00000117. The van der Waals surface area contributed by atoms with Gasteiger partial charge in [-0.2, -0.15) is 8.42 Å². The van der Waals surface area contributed by atoms with Gasteiger partial charge in [-0.05, 0) is 27.8 Å². The molecule has 0 unspecified atom stereocenters. The third kappa shape index (κ3) is 72.9. The molecular weight excluding hydrogens is 1240 g/mol. The highest BCUT2D eigenvalue weighted by atomic mass is 32.2. The van der Waals surface area contributed by atoms with E-state index in [4.69, 9.17) is 102 Å². The van der Waals surface area contributed by atoms with Crippen molar-refractivity contribution in [3.63, 3.8) is 0 Å². The van der Waals surface area contributed by atoms with Crippen molar-refractivity contribution in [2.24, 2.45) is 10.8 Å². The fourth-order valence-corrected chi connectivity index (χ4v) is 6.84. The number of ether oxygens (including phenoxy) is 17. The van der Waals surface area contributed by atoms with Gasteiger partial charge in [-0.1, -0.05) is 126 Å². The highest BCUT2D eigenvalue weighted by molar-refractivity contribution is 7.85. The third-order valence-electron chi connectivity index (χ3n) is 10.8. The molecule has 0 saturated carbocycles. The Bertz CT molecular complexity index is 2160. The molecule has 0 aliphatic heterocycles. The molecule has 27 nitrogen and oxygen atoms in total. The summed E-state index contributed by atoms with van der Waals surface area (Å²) in [7, 11) is -3.39. The average Bonchev–Trinajstić information content (AvgIpc) is 3.67. The van der Waals surface area contributed by atoms with Crippen LogP contribution in [0, 0.1) is 0 Å². The molecule has 5 N–H and O–H groups in total. The molecular formula is C65H108N4O23S. The van der Waals surface area contributed by atoms with Crippen LogP contribution in [-0.4, -0.2) is 268 Å². The first-order valence-corrected chi connectivity index (χ1v) is 33.0. The Labute approximate surface area is 551 Å². The lowest BCUT2D eigenvalue weighted by molar-refractivity contribution is -0.00743. The Kier molecular flexibility index (Phi) is 70.8. The van der Waals surface area contributed by atoms with E-state index in [0.29, 0.717) is 231 Å². The number of hydrogen-bond acceptors (Lipinski definition) is 25. The Morgan fingerprint density at radius 3 is 0.753 bits per heavy atom. The predicted octanol–water partition coefficient (Wildman–Crippen LogP) is 5.24. The average molecular weight is 1350 g/mol. The second-order valence-corrected chi connectivity index (χ2v) is 20.2. The van der Waals surface area contributed by atoms with E-state index in [2.05, 4.69) is 18.9 Å². The van der Waals surface area contributed by atoms with Crippen molar-refractivity contribution in [3.8, 4) is 0 Å². The van der Waals surface area contributed by atoms with Gasteiger partial charge in [0.2, 0.25) is 0 Å². The molecule has 0 aliphatic carbocycles. The van der Waals surface area contributed by atoms with Crippen LogP contribution in [-0.2, 0) is 121 Å². The van der Waals surface area contributed by atoms with E-state index in [9.17, 15) is 8.42 Å². The molecule has 0 spiro atoms. The van der Waals surface area contributed by atoms with Crippen molar-refractivity contribution in [3.05, 3.63) is 154 Å². The fourth-order valence-electron chi connectivity index (χ4n) is 6.47. The highest BCUT2D eigenvalue weighted by Crippen LogP contribution is 2.03. The van der Waals surface area contributed by atoms with Gasteiger partial charge in [0, 0.05) is 18.0 Å². The molecule has 0 saturated heterocycles. The fraction of sp³-hybridized carbons (Fsp3) is 0.631. The maximum Gasteiger partial charge on any atom is 0.264 e. The number of aliphatic hydroxyl groups excluding tert-OH is 3. The summed E-state index contributed by atoms with van der Waals surface area (Å²) in [6.07, 6.45) is 1.00. The molecule has 0 atom stereocenters.